The van der Waals surface area contributed by atoms with E-state index in [1.807, 2.05) is 12.1 Å². The summed E-state index contributed by atoms with van der Waals surface area (Å²) in [6, 6.07) is 10.2. The summed E-state index contributed by atoms with van der Waals surface area (Å²) in [5.41, 5.74) is 1.01. The van der Waals surface area contributed by atoms with Crippen molar-refractivity contribution in [2.24, 2.45) is 11.8 Å². The zero-order valence-electron chi connectivity index (χ0n) is 16.8. The van der Waals surface area contributed by atoms with Crippen LogP contribution in [-0.2, 0) is 9.59 Å². The second-order valence-corrected chi connectivity index (χ2v) is 9.26. The zero-order chi connectivity index (χ0) is 20.8. The quantitative estimate of drug-likeness (QED) is 0.354. The molecule has 29 heavy (non-hydrogen) atoms. The van der Waals surface area contributed by atoms with Crippen LogP contribution < -0.4 is 0 Å². The van der Waals surface area contributed by atoms with E-state index in [0.29, 0.717) is 19.3 Å². The van der Waals surface area contributed by atoms with Gasteiger partial charge in [-0.3, -0.25) is 9.59 Å². The topological polar surface area (TPSA) is 74.6 Å². The van der Waals surface area contributed by atoms with Gasteiger partial charge in [0.25, 0.3) is 0 Å². The van der Waals surface area contributed by atoms with Crippen molar-refractivity contribution in [2.75, 3.05) is 0 Å². The number of carboxylic acids is 1. The molecule has 1 aliphatic rings. The number of allylic oxidation sites excluding steroid dienone is 1. The van der Waals surface area contributed by atoms with Gasteiger partial charge in [0, 0.05) is 28.3 Å². The van der Waals surface area contributed by atoms with Crippen LogP contribution in [0.2, 0.25) is 0 Å². The summed E-state index contributed by atoms with van der Waals surface area (Å²) < 4.78 is 1.18. The fourth-order valence-corrected chi connectivity index (χ4v) is 5.49. The maximum absolute atomic E-state index is 12.4. The molecule has 1 aliphatic carbocycles. The number of carbonyl (C=O) groups excluding carboxylic acids is 1. The number of hydrogen-bond acceptors (Lipinski definition) is 4. The van der Waals surface area contributed by atoms with Gasteiger partial charge in [-0.05, 0) is 49.1 Å². The van der Waals surface area contributed by atoms with Crippen molar-refractivity contribution in [1.82, 2.24) is 0 Å². The molecule has 0 spiro atoms. The first-order chi connectivity index (χ1) is 14.0. The molecule has 1 unspecified atom stereocenters. The Morgan fingerprint density at radius 2 is 1.90 bits per heavy atom. The Bertz CT molecular complexity index is 836. The molecule has 1 fully saturated rings. The highest BCUT2D eigenvalue weighted by molar-refractivity contribution is 7.19. The highest BCUT2D eigenvalue weighted by Crippen LogP contribution is 2.41. The molecule has 1 aromatic carbocycles. The van der Waals surface area contributed by atoms with Gasteiger partial charge in [-0.15, -0.1) is 11.3 Å². The fourth-order valence-electron chi connectivity index (χ4n) is 4.40. The van der Waals surface area contributed by atoms with Crippen LogP contribution in [0.1, 0.15) is 68.8 Å². The van der Waals surface area contributed by atoms with Gasteiger partial charge in [0.2, 0.25) is 0 Å². The highest BCUT2D eigenvalue weighted by atomic mass is 32.1. The van der Waals surface area contributed by atoms with Crippen molar-refractivity contribution >= 4 is 33.2 Å². The third kappa shape index (κ3) is 5.77. The molecule has 1 saturated carbocycles. The average molecular weight is 415 g/mol. The molecular weight excluding hydrogens is 384 g/mol. The summed E-state index contributed by atoms with van der Waals surface area (Å²) in [5.74, 6) is -0.298. The molecule has 0 radical (unpaired) electrons. The van der Waals surface area contributed by atoms with Crippen molar-refractivity contribution in [3.63, 3.8) is 0 Å². The van der Waals surface area contributed by atoms with E-state index in [1.165, 1.54) is 4.70 Å². The van der Waals surface area contributed by atoms with Crippen LogP contribution in [0.5, 0.6) is 0 Å². The number of ketones is 1. The Morgan fingerprint density at radius 1 is 1.14 bits per heavy atom. The summed E-state index contributed by atoms with van der Waals surface area (Å²) in [6.45, 7) is 4.13. The molecule has 2 N–H and O–H groups in total. The van der Waals surface area contributed by atoms with Crippen LogP contribution in [0.25, 0.3) is 10.1 Å². The molecule has 4 nitrogen and oxygen atoms in total. The predicted molar refractivity (Wildman–Crippen MR) is 117 cm³/mol. The second-order valence-electron chi connectivity index (χ2n) is 8.14. The van der Waals surface area contributed by atoms with Crippen molar-refractivity contribution in [3.05, 3.63) is 47.4 Å². The average Bonchev–Trinajstić information content (AvgIpc) is 3.23. The lowest BCUT2D eigenvalue weighted by molar-refractivity contribution is -0.137. The molecule has 0 saturated heterocycles. The lowest BCUT2D eigenvalue weighted by Gasteiger charge is -2.20. The van der Waals surface area contributed by atoms with Gasteiger partial charge >= 0.3 is 5.97 Å². The number of Topliss-reactive ketones (excluding diaryl/α,β-unsaturated/α-hetero) is 1. The van der Waals surface area contributed by atoms with Gasteiger partial charge in [-0.1, -0.05) is 49.6 Å². The normalized spacial score (nSPS) is 20.4. The molecule has 1 heterocycles. The number of aliphatic carboxylic acids is 1. The van der Waals surface area contributed by atoms with E-state index in [-0.39, 0.29) is 24.0 Å². The van der Waals surface area contributed by atoms with Crippen LogP contribution >= 0.6 is 11.3 Å². The maximum Gasteiger partial charge on any atom is 0.303 e. The Kier molecular flexibility index (Phi) is 7.62. The maximum atomic E-state index is 12.4. The van der Waals surface area contributed by atoms with Crippen LogP contribution in [0, 0.1) is 11.8 Å². The number of hydrogen-bond donors (Lipinski definition) is 2. The van der Waals surface area contributed by atoms with Crippen LogP contribution in [0.4, 0.5) is 0 Å². The van der Waals surface area contributed by atoms with Gasteiger partial charge in [0.1, 0.15) is 5.78 Å². The Labute approximate surface area is 176 Å². The first kappa shape index (κ1) is 21.7. The summed E-state index contributed by atoms with van der Waals surface area (Å²) in [6.07, 6.45) is 5.93. The smallest absolute Gasteiger partial charge is 0.303 e. The number of carboxylic acid groups (broad SMARTS) is 1. The molecule has 2 aromatic rings. The van der Waals surface area contributed by atoms with Crippen LogP contribution in [-0.4, -0.2) is 22.0 Å². The Hall–Kier alpha value is -1.98. The number of rotatable bonds is 11. The third-order valence-electron chi connectivity index (χ3n) is 6.00. The number of aliphatic hydroxyl groups excluding tert-OH is 1. The summed E-state index contributed by atoms with van der Waals surface area (Å²) >= 11 is 1.63. The van der Waals surface area contributed by atoms with E-state index in [9.17, 15) is 14.7 Å². The van der Waals surface area contributed by atoms with Crippen molar-refractivity contribution in [2.45, 2.75) is 63.9 Å². The molecule has 3 rings (SSSR count). The minimum atomic E-state index is -0.746. The zero-order valence-corrected chi connectivity index (χ0v) is 17.6. The SMILES string of the molecule is C=C1CC(=O)[C@H](CCCCCCC(=O)O)[C@H]1CCC(O)c1cc2ccccc2s1. The van der Waals surface area contributed by atoms with Crippen LogP contribution in [0.3, 0.4) is 0 Å². The molecule has 5 heteroatoms. The standard InChI is InChI=1S/C24H30O4S/c1-16-14-21(26)19(9-4-2-3-5-11-24(27)28)18(16)12-13-20(25)23-15-17-8-6-7-10-22(17)29-23/h6-8,10,15,18-20,25H,1-5,9,11-14H2,(H,27,28)/t18-,19+,20?/m0/s1. The first-order valence-corrected chi connectivity index (χ1v) is 11.4. The van der Waals surface area contributed by atoms with Gasteiger partial charge < -0.3 is 10.2 Å². The summed E-state index contributed by atoms with van der Waals surface area (Å²) in [7, 11) is 0. The number of carbonyl (C=O) groups is 2. The molecule has 3 atom stereocenters. The number of aliphatic hydroxyl groups is 1. The molecule has 0 aliphatic heterocycles. The second kappa shape index (κ2) is 10.2. The highest BCUT2D eigenvalue weighted by Gasteiger charge is 2.36. The number of fused-ring (bicyclic) bond motifs is 1. The van der Waals surface area contributed by atoms with E-state index < -0.39 is 12.1 Å². The van der Waals surface area contributed by atoms with Crippen molar-refractivity contribution < 1.29 is 19.8 Å². The largest absolute Gasteiger partial charge is 0.481 e. The van der Waals surface area contributed by atoms with E-state index in [2.05, 4.69) is 24.8 Å². The fraction of sp³-hybridized carbons (Fsp3) is 0.500. The third-order valence-corrected chi connectivity index (χ3v) is 7.22. The summed E-state index contributed by atoms with van der Waals surface area (Å²) in [4.78, 5) is 24.0. The molecule has 1 aromatic heterocycles. The number of thiophene rings is 1. The van der Waals surface area contributed by atoms with Crippen LogP contribution in [0.15, 0.2) is 42.5 Å². The molecule has 156 valence electrons. The van der Waals surface area contributed by atoms with Gasteiger partial charge in [-0.25, -0.2) is 0 Å². The summed E-state index contributed by atoms with van der Waals surface area (Å²) in [5, 5.41) is 20.5. The lowest BCUT2D eigenvalue weighted by Crippen LogP contribution is -2.16. The lowest BCUT2D eigenvalue weighted by atomic mass is 9.84. The predicted octanol–water partition coefficient (Wildman–Crippen LogP) is 5.90. The number of benzene rings is 1. The first-order valence-electron chi connectivity index (χ1n) is 10.5. The van der Waals surface area contributed by atoms with E-state index in [0.717, 1.165) is 47.9 Å². The van der Waals surface area contributed by atoms with E-state index in [4.69, 9.17) is 5.11 Å². The minimum Gasteiger partial charge on any atom is -0.481 e. The Balaban J connectivity index is 1.50. The van der Waals surface area contributed by atoms with Gasteiger partial charge in [-0.2, -0.15) is 0 Å². The molecule has 0 amide bonds. The minimum absolute atomic E-state index is 0.0107. The van der Waals surface area contributed by atoms with Crippen molar-refractivity contribution in [1.29, 1.82) is 0 Å². The van der Waals surface area contributed by atoms with E-state index >= 15 is 0 Å². The number of unbranched alkanes of at least 4 members (excludes halogenated alkanes) is 3. The molecular formula is C24H30O4S. The van der Waals surface area contributed by atoms with E-state index in [1.54, 1.807) is 11.3 Å². The van der Waals surface area contributed by atoms with Crippen molar-refractivity contribution in [3.8, 4) is 0 Å². The van der Waals surface area contributed by atoms with Gasteiger partial charge in [0.05, 0.1) is 6.10 Å². The monoisotopic (exact) mass is 414 g/mol. The Morgan fingerprint density at radius 3 is 2.66 bits per heavy atom. The van der Waals surface area contributed by atoms with Gasteiger partial charge in [0.15, 0.2) is 0 Å². The molecule has 0 bridgehead atoms.